The monoisotopic (exact) mass is 396 g/mol. The molecule has 0 spiro atoms. The smallest absolute Gasteiger partial charge is 0.185 e. The van der Waals surface area contributed by atoms with Crippen LogP contribution in [0.25, 0.3) is 6.08 Å². The fourth-order valence-corrected chi connectivity index (χ4v) is 3.08. The van der Waals surface area contributed by atoms with Gasteiger partial charge in [-0.3, -0.25) is 4.79 Å². The molecule has 0 amide bonds. The number of nitrogens with zero attached hydrogens (tertiary/aromatic N) is 2. The lowest BCUT2D eigenvalue weighted by Crippen LogP contribution is -2.21. The van der Waals surface area contributed by atoms with Gasteiger partial charge in [0.1, 0.15) is 11.8 Å². The number of rotatable bonds is 9. The van der Waals surface area contributed by atoms with Crippen LogP contribution in [0.2, 0.25) is 0 Å². The Hall–Kier alpha value is -3.84. The van der Waals surface area contributed by atoms with E-state index >= 15 is 0 Å². The molecule has 0 saturated heterocycles. The van der Waals surface area contributed by atoms with E-state index in [0.29, 0.717) is 11.3 Å². The van der Waals surface area contributed by atoms with Crippen molar-refractivity contribution in [2.45, 2.75) is 13.5 Å². The second-order valence-electron chi connectivity index (χ2n) is 6.76. The molecule has 0 N–H and O–H groups in total. The third-order valence-corrected chi connectivity index (χ3v) is 4.73. The van der Waals surface area contributed by atoms with Crippen molar-refractivity contribution in [1.82, 2.24) is 0 Å². The van der Waals surface area contributed by atoms with E-state index in [2.05, 4.69) is 48.2 Å². The minimum absolute atomic E-state index is 0.00992. The Morgan fingerprint density at radius 3 is 2.33 bits per heavy atom. The largest absolute Gasteiger partial charge is 0.479 e. The molecule has 150 valence electrons. The van der Waals surface area contributed by atoms with E-state index in [4.69, 9.17) is 10.00 Å². The quantitative estimate of drug-likeness (QED) is 0.353. The third-order valence-electron chi connectivity index (χ3n) is 4.73. The Labute approximate surface area is 177 Å². The highest BCUT2D eigenvalue weighted by Crippen LogP contribution is 2.19. The summed E-state index contributed by atoms with van der Waals surface area (Å²) >= 11 is 0. The van der Waals surface area contributed by atoms with Gasteiger partial charge in [-0.2, -0.15) is 5.26 Å². The topological polar surface area (TPSA) is 53.3 Å². The Morgan fingerprint density at radius 1 is 1.00 bits per heavy atom. The summed E-state index contributed by atoms with van der Waals surface area (Å²) in [6, 6.07) is 27.3. The first-order valence-corrected chi connectivity index (χ1v) is 9.90. The van der Waals surface area contributed by atoms with Crippen LogP contribution in [-0.4, -0.2) is 18.9 Å². The minimum atomic E-state index is -0.0785. The highest BCUT2D eigenvalue weighted by atomic mass is 16.5. The van der Waals surface area contributed by atoms with Crippen molar-refractivity contribution in [3.8, 4) is 11.8 Å². The molecular formula is C26H24N2O2. The van der Waals surface area contributed by atoms with Crippen LogP contribution in [0, 0.1) is 11.3 Å². The predicted octanol–water partition coefficient (Wildman–Crippen LogP) is 5.51. The molecule has 0 fully saturated rings. The number of hydrogen-bond donors (Lipinski definition) is 0. The Balaban J connectivity index is 1.62. The lowest BCUT2D eigenvalue weighted by molar-refractivity contribution is 0.104. The van der Waals surface area contributed by atoms with Crippen LogP contribution in [0.1, 0.15) is 28.4 Å². The molecule has 0 heterocycles. The van der Waals surface area contributed by atoms with E-state index < -0.39 is 0 Å². The van der Waals surface area contributed by atoms with Gasteiger partial charge in [0, 0.05) is 24.3 Å². The number of carbonyl (C=O) groups is 1. The molecule has 4 nitrogen and oxygen atoms in total. The SMILES string of the molecule is CCN(Cc1ccccc1)c1ccc(/C=C/C(=O)c2ccc(OCC#N)cc2)cc1. The maximum absolute atomic E-state index is 12.4. The van der Waals surface area contributed by atoms with Crippen molar-refractivity contribution in [2.75, 3.05) is 18.1 Å². The molecule has 3 aromatic carbocycles. The summed E-state index contributed by atoms with van der Waals surface area (Å²) in [6.45, 7) is 3.91. The molecule has 0 unspecified atom stereocenters. The van der Waals surface area contributed by atoms with Crippen molar-refractivity contribution in [1.29, 1.82) is 5.26 Å². The highest BCUT2D eigenvalue weighted by molar-refractivity contribution is 6.06. The van der Waals surface area contributed by atoms with Crippen LogP contribution in [0.15, 0.2) is 84.9 Å². The van der Waals surface area contributed by atoms with Gasteiger partial charge in [0.15, 0.2) is 12.4 Å². The predicted molar refractivity (Wildman–Crippen MR) is 121 cm³/mol. The summed E-state index contributed by atoms with van der Waals surface area (Å²) in [7, 11) is 0. The van der Waals surface area contributed by atoms with Crippen molar-refractivity contribution in [3.63, 3.8) is 0 Å². The molecule has 0 aliphatic heterocycles. The number of allylic oxidation sites excluding steroid dienone is 1. The van der Waals surface area contributed by atoms with E-state index in [0.717, 1.165) is 24.3 Å². The van der Waals surface area contributed by atoms with Gasteiger partial charge in [-0.1, -0.05) is 48.5 Å². The molecule has 4 heteroatoms. The molecule has 0 saturated carbocycles. The molecule has 0 aliphatic carbocycles. The molecule has 0 aromatic heterocycles. The van der Waals surface area contributed by atoms with Crippen LogP contribution >= 0.6 is 0 Å². The number of ether oxygens (including phenoxy) is 1. The van der Waals surface area contributed by atoms with Crippen molar-refractivity contribution < 1.29 is 9.53 Å². The van der Waals surface area contributed by atoms with Crippen molar-refractivity contribution in [3.05, 3.63) is 102 Å². The molecule has 3 rings (SSSR count). The first-order valence-electron chi connectivity index (χ1n) is 9.90. The number of hydrogen-bond acceptors (Lipinski definition) is 4. The molecule has 3 aromatic rings. The third kappa shape index (κ3) is 5.83. The zero-order valence-corrected chi connectivity index (χ0v) is 17.0. The van der Waals surface area contributed by atoms with Crippen LogP contribution in [0.4, 0.5) is 5.69 Å². The van der Waals surface area contributed by atoms with Crippen LogP contribution < -0.4 is 9.64 Å². The number of benzene rings is 3. The fraction of sp³-hybridized carbons (Fsp3) is 0.154. The van der Waals surface area contributed by atoms with Crippen molar-refractivity contribution in [2.24, 2.45) is 0 Å². The maximum atomic E-state index is 12.4. The number of nitriles is 1. The number of ketones is 1. The van der Waals surface area contributed by atoms with E-state index in [1.165, 1.54) is 5.56 Å². The summed E-state index contributed by atoms with van der Waals surface area (Å²) in [5, 5.41) is 8.54. The Morgan fingerprint density at radius 2 is 1.70 bits per heavy atom. The van der Waals surface area contributed by atoms with Gasteiger partial charge in [-0.25, -0.2) is 0 Å². The molecule has 30 heavy (non-hydrogen) atoms. The normalized spacial score (nSPS) is 10.5. The Bertz CT molecular complexity index is 1020. The van der Waals surface area contributed by atoms with Gasteiger partial charge < -0.3 is 9.64 Å². The first-order chi connectivity index (χ1) is 14.7. The summed E-state index contributed by atoms with van der Waals surface area (Å²) in [5.41, 5.74) is 3.97. The molecule has 0 atom stereocenters. The van der Waals surface area contributed by atoms with Crippen molar-refractivity contribution >= 4 is 17.5 Å². The van der Waals surface area contributed by atoms with Crippen LogP contribution in [0.5, 0.6) is 5.75 Å². The average Bonchev–Trinajstić information content (AvgIpc) is 2.81. The standard InChI is InChI=1S/C26H24N2O2/c1-2-28(20-22-6-4-3-5-7-22)24-13-8-21(9-14-24)10-17-26(29)23-11-15-25(16-12-23)30-19-18-27/h3-17H,2,19-20H2,1H3/b17-10+. The summed E-state index contributed by atoms with van der Waals surface area (Å²) in [4.78, 5) is 14.7. The van der Waals surface area contributed by atoms with E-state index in [9.17, 15) is 4.79 Å². The first kappa shape index (κ1) is 20.9. The van der Waals surface area contributed by atoms with E-state index in [1.807, 2.05) is 30.3 Å². The number of carbonyl (C=O) groups excluding carboxylic acids is 1. The van der Waals surface area contributed by atoms with E-state index in [-0.39, 0.29) is 12.4 Å². The molecule has 0 aliphatic rings. The zero-order valence-electron chi connectivity index (χ0n) is 17.0. The van der Waals surface area contributed by atoms with Crippen LogP contribution in [-0.2, 0) is 6.54 Å². The second kappa shape index (κ2) is 10.6. The van der Waals surface area contributed by atoms with Gasteiger partial charge in [-0.05, 0) is 60.5 Å². The lowest BCUT2D eigenvalue weighted by Gasteiger charge is -2.23. The Kier molecular flexibility index (Phi) is 7.40. The van der Waals surface area contributed by atoms with Gasteiger partial charge >= 0.3 is 0 Å². The summed E-state index contributed by atoms with van der Waals surface area (Å²) in [6.07, 6.45) is 3.39. The molecule has 0 radical (unpaired) electrons. The number of anilines is 1. The van der Waals surface area contributed by atoms with Gasteiger partial charge in [-0.15, -0.1) is 0 Å². The van der Waals surface area contributed by atoms with E-state index in [1.54, 1.807) is 30.3 Å². The second-order valence-corrected chi connectivity index (χ2v) is 6.76. The summed E-state index contributed by atoms with van der Waals surface area (Å²) in [5.74, 6) is 0.494. The molecular weight excluding hydrogens is 372 g/mol. The summed E-state index contributed by atoms with van der Waals surface area (Å²) < 4.78 is 5.20. The highest BCUT2D eigenvalue weighted by Gasteiger charge is 2.06. The van der Waals surface area contributed by atoms with Gasteiger partial charge in [0.05, 0.1) is 0 Å². The fourth-order valence-electron chi connectivity index (χ4n) is 3.08. The lowest BCUT2D eigenvalue weighted by atomic mass is 10.1. The maximum Gasteiger partial charge on any atom is 0.185 e. The minimum Gasteiger partial charge on any atom is -0.479 e. The zero-order chi connectivity index (χ0) is 21.2. The van der Waals surface area contributed by atoms with Gasteiger partial charge in [0.25, 0.3) is 0 Å². The molecule has 0 bridgehead atoms. The van der Waals surface area contributed by atoms with Gasteiger partial charge in [0.2, 0.25) is 0 Å². The van der Waals surface area contributed by atoms with Crippen LogP contribution in [0.3, 0.4) is 0 Å². The average molecular weight is 396 g/mol.